The van der Waals surface area contributed by atoms with Crippen molar-refractivity contribution in [3.05, 3.63) is 59.3 Å². The van der Waals surface area contributed by atoms with E-state index in [2.05, 4.69) is 4.98 Å². The van der Waals surface area contributed by atoms with Gasteiger partial charge in [-0.25, -0.2) is 4.98 Å². The van der Waals surface area contributed by atoms with Crippen molar-refractivity contribution in [1.29, 1.82) is 0 Å². The summed E-state index contributed by atoms with van der Waals surface area (Å²) in [6.07, 6.45) is 0.997. The highest BCUT2D eigenvalue weighted by Crippen LogP contribution is 2.24. The molecule has 1 unspecified atom stereocenters. The lowest BCUT2D eigenvalue weighted by Crippen LogP contribution is -2.18. The van der Waals surface area contributed by atoms with Crippen LogP contribution in [0.3, 0.4) is 0 Å². The fraction of sp³-hybridized carbons (Fsp3) is 0.250. The van der Waals surface area contributed by atoms with Crippen LogP contribution in [-0.2, 0) is 4.74 Å². The molecule has 0 saturated heterocycles. The average molecular weight is 270 g/mol. The molecule has 4 nitrogen and oxygen atoms in total. The second-order valence-corrected chi connectivity index (χ2v) is 4.56. The molecule has 1 heterocycles. The first-order valence-electron chi connectivity index (χ1n) is 6.56. The number of ether oxygens (including phenoxy) is 1. The van der Waals surface area contributed by atoms with Crippen LogP contribution in [0.25, 0.3) is 0 Å². The largest absolute Gasteiger partial charge is 0.383 e. The van der Waals surface area contributed by atoms with E-state index in [1.54, 1.807) is 12.3 Å². The molecule has 0 aliphatic rings. The van der Waals surface area contributed by atoms with Crippen molar-refractivity contribution >= 4 is 11.6 Å². The van der Waals surface area contributed by atoms with Crippen LogP contribution < -0.4 is 5.73 Å². The van der Waals surface area contributed by atoms with Gasteiger partial charge in [-0.2, -0.15) is 0 Å². The lowest BCUT2D eigenvalue weighted by molar-refractivity contribution is 0.0453. The fourth-order valence-electron chi connectivity index (χ4n) is 2.04. The van der Waals surface area contributed by atoms with Crippen molar-refractivity contribution in [3.63, 3.8) is 0 Å². The molecule has 1 aromatic carbocycles. The van der Waals surface area contributed by atoms with Crippen LogP contribution in [-0.4, -0.2) is 17.4 Å². The maximum Gasteiger partial charge on any atom is 0.199 e. The highest BCUT2D eigenvalue weighted by Gasteiger charge is 2.24. The Bertz CT molecular complexity index is 597. The third-order valence-corrected chi connectivity index (χ3v) is 2.99. The Morgan fingerprint density at radius 2 is 2.05 bits per heavy atom. The predicted octanol–water partition coefficient (Wildman–Crippen LogP) is 2.93. The number of carbonyl (C=O) groups excluding carboxylic acids is 1. The summed E-state index contributed by atoms with van der Waals surface area (Å²) in [5, 5.41) is 0. The van der Waals surface area contributed by atoms with Crippen LogP contribution in [0.5, 0.6) is 0 Å². The van der Waals surface area contributed by atoms with Crippen LogP contribution >= 0.6 is 0 Å². The van der Waals surface area contributed by atoms with Gasteiger partial charge in [0, 0.05) is 12.8 Å². The molecular formula is C16H18N2O2. The quantitative estimate of drug-likeness (QED) is 0.848. The zero-order chi connectivity index (χ0) is 14.5. The SMILES string of the molecule is CCOC(C(=O)c1cc(C)cnc1N)c1ccccc1. The number of nitrogens with zero attached hydrogens (tertiary/aromatic N) is 1. The molecule has 1 aromatic heterocycles. The highest BCUT2D eigenvalue weighted by molar-refractivity contribution is 6.03. The minimum absolute atomic E-state index is 0.160. The van der Waals surface area contributed by atoms with Crippen LogP contribution in [0.4, 0.5) is 5.82 Å². The molecule has 1 atom stereocenters. The Morgan fingerprint density at radius 3 is 2.70 bits per heavy atom. The number of hydrogen-bond acceptors (Lipinski definition) is 4. The summed E-state index contributed by atoms with van der Waals surface area (Å²) in [6.45, 7) is 4.19. The monoisotopic (exact) mass is 270 g/mol. The summed E-state index contributed by atoms with van der Waals surface area (Å²) in [5.74, 6) is 0.0768. The van der Waals surface area contributed by atoms with Gasteiger partial charge < -0.3 is 10.5 Å². The van der Waals surface area contributed by atoms with Crippen LogP contribution in [0.2, 0.25) is 0 Å². The Labute approximate surface area is 118 Å². The molecule has 0 radical (unpaired) electrons. The summed E-state index contributed by atoms with van der Waals surface area (Å²) >= 11 is 0. The summed E-state index contributed by atoms with van der Waals surface area (Å²) in [7, 11) is 0. The average Bonchev–Trinajstić information content (AvgIpc) is 2.47. The van der Waals surface area contributed by atoms with Gasteiger partial charge in [-0.1, -0.05) is 30.3 Å². The summed E-state index contributed by atoms with van der Waals surface area (Å²) in [4.78, 5) is 16.7. The minimum atomic E-state index is -0.646. The minimum Gasteiger partial charge on any atom is -0.383 e. The van der Waals surface area contributed by atoms with E-state index in [0.717, 1.165) is 11.1 Å². The molecule has 20 heavy (non-hydrogen) atoms. The first kappa shape index (κ1) is 14.2. The summed E-state index contributed by atoms with van der Waals surface area (Å²) in [6, 6.07) is 11.2. The molecule has 104 valence electrons. The molecular weight excluding hydrogens is 252 g/mol. The molecule has 0 spiro atoms. The second kappa shape index (κ2) is 6.30. The van der Waals surface area contributed by atoms with Gasteiger partial charge in [-0.15, -0.1) is 0 Å². The van der Waals surface area contributed by atoms with Gasteiger partial charge in [0.05, 0.1) is 5.56 Å². The number of Topliss-reactive ketones (excluding diaryl/α,β-unsaturated/α-hetero) is 1. The fourth-order valence-corrected chi connectivity index (χ4v) is 2.04. The number of carbonyl (C=O) groups is 1. The molecule has 0 aliphatic heterocycles. The predicted molar refractivity (Wildman–Crippen MR) is 78.5 cm³/mol. The van der Waals surface area contributed by atoms with Crippen LogP contribution in [0.15, 0.2) is 42.6 Å². The number of pyridine rings is 1. The van der Waals surface area contributed by atoms with Gasteiger partial charge in [-0.3, -0.25) is 4.79 Å². The maximum atomic E-state index is 12.7. The number of aryl methyl sites for hydroxylation is 1. The molecule has 4 heteroatoms. The Kier molecular flexibility index (Phi) is 4.48. The number of benzene rings is 1. The first-order chi connectivity index (χ1) is 9.63. The normalized spacial score (nSPS) is 12.1. The molecule has 0 aliphatic carbocycles. The van der Waals surface area contributed by atoms with E-state index < -0.39 is 6.10 Å². The van der Waals surface area contributed by atoms with Crippen molar-refractivity contribution < 1.29 is 9.53 Å². The number of anilines is 1. The number of aromatic nitrogens is 1. The molecule has 0 fully saturated rings. The van der Waals surface area contributed by atoms with Crippen LogP contribution in [0.1, 0.15) is 34.5 Å². The molecule has 0 bridgehead atoms. The van der Waals surface area contributed by atoms with Gasteiger partial charge in [0.2, 0.25) is 0 Å². The van der Waals surface area contributed by atoms with Crippen molar-refractivity contribution in [2.45, 2.75) is 20.0 Å². The van der Waals surface area contributed by atoms with Crippen molar-refractivity contribution in [1.82, 2.24) is 4.98 Å². The molecule has 0 saturated carbocycles. The van der Waals surface area contributed by atoms with Crippen molar-refractivity contribution in [2.24, 2.45) is 0 Å². The number of hydrogen-bond donors (Lipinski definition) is 1. The van der Waals surface area contributed by atoms with E-state index in [1.807, 2.05) is 44.2 Å². The molecule has 2 aromatic rings. The van der Waals surface area contributed by atoms with Crippen LogP contribution in [0, 0.1) is 6.92 Å². The van der Waals surface area contributed by atoms with Gasteiger partial charge in [0.15, 0.2) is 5.78 Å². The summed E-state index contributed by atoms with van der Waals surface area (Å²) < 4.78 is 5.61. The third kappa shape index (κ3) is 3.03. The Balaban J connectivity index is 2.39. The number of nitrogens with two attached hydrogens (primary N) is 1. The Morgan fingerprint density at radius 1 is 1.35 bits per heavy atom. The zero-order valence-electron chi connectivity index (χ0n) is 11.7. The summed E-state index contributed by atoms with van der Waals surface area (Å²) in [5.41, 5.74) is 7.94. The van der Waals surface area contributed by atoms with E-state index in [0.29, 0.717) is 12.2 Å². The number of rotatable bonds is 5. The first-order valence-corrected chi connectivity index (χ1v) is 6.56. The topological polar surface area (TPSA) is 65.2 Å². The van der Waals surface area contributed by atoms with Gasteiger partial charge in [0.25, 0.3) is 0 Å². The smallest absolute Gasteiger partial charge is 0.199 e. The van der Waals surface area contributed by atoms with Crippen molar-refractivity contribution in [2.75, 3.05) is 12.3 Å². The van der Waals surface area contributed by atoms with Gasteiger partial charge in [0.1, 0.15) is 11.9 Å². The van der Waals surface area contributed by atoms with Crippen molar-refractivity contribution in [3.8, 4) is 0 Å². The Hall–Kier alpha value is -2.20. The van der Waals surface area contributed by atoms with E-state index >= 15 is 0 Å². The zero-order valence-corrected chi connectivity index (χ0v) is 11.7. The molecule has 2 rings (SSSR count). The lowest BCUT2D eigenvalue weighted by atomic mass is 9.99. The maximum absolute atomic E-state index is 12.7. The molecule has 2 N–H and O–H groups in total. The molecule has 0 amide bonds. The standard InChI is InChI=1S/C16H18N2O2/c1-3-20-15(12-7-5-4-6-8-12)14(19)13-9-11(2)10-18-16(13)17/h4-10,15H,3H2,1-2H3,(H2,17,18). The van der Waals surface area contributed by atoms with E-state index in [9.17, 15) is 4.79 Å². The van der Waals surface area contributed by atoms with E-state index in [-0.39, 0.29) is 11.6 Å². The van der Waals surface area contributed by atoms with Gasteiger partial charge in [-0.05, 0) is 31.0 Å². The van der Waals surface area contributed by atoms with E-state index in [1.165, 1.54) is 0 Å². The third-order valence-electron chi connectivity index (χ3n) is 2.99. The lowest BCUT2D eigenvalue weighted by Gasteiger charge is -2.17. The number of nitrogen functional groups attached to an aromatic ring is 1. The highest BCUT2D eigenvalue weighted by atomic mass is 16.5. The van der Waals surface area contributed by atoms with E-state index in [4.69, 9.17) is 10.5 Å². The number of ketones is 1. The second-order valence-electron chi connectivity index (χ2n) is 4.56. The van der Waals surface area contributed by atoms with Gasteiger partial charge >= 0.3 is 0 Å².